The van der Waals surface area contributed by atoms with Crippen molar-refractivity contribution in [1.29, 1.82) is 0 Å². The Labute approximate surface area is 112 Å². The summed E-state index contributed by atoms with van der Waals surface area (Å²) < 4.78 is 0. The summed E-state index contributed by atoms with van der Waals surface area (Å²) >= 11 is 0. The van der Waals surface area contributed by atoms with Crippen LogP contribution in [0, 0.1) is 5.92 Å². The predicted molar refractivity (Wildman–Crippen MR) is 71.2 cm³/mol. The molecular formula is C13H20N4O2. The summed E-state index contributed by atoms with van der Waals surface area (Å²) in [4.78, 5) is 17.3. The van der Waals surface area contributed by atoms with E-state index in [0.717, 1.165) is 37.2 Å². The largest absolute Gasteiger partial charge is 0.481 e. The number of aromatic nitrogens is 3. The van der Waals surface area contributed by atoms with Crippen molar-refractivity contribution in [3.05, 3.63) is 11.4 Å². The highest BCUT2D eigenvalue weighted by Crippen LogP contribution is 2.23. The second kappa shape index (κ2) is 5.95. The molecule has 1 N–H and O–H groups in total. The fraction of sp³-hybridized carbons (Fsp3) is 0.692. The number of aliphatic carboxylic acids is 1. The maximum atomic E-state index is 10.7. The molecule has 0 radical (unpaired) electrons. The van der Waals surface area contributed by atoms with E-state index in [9.17, 15) is 4.79 Å². The zero-order valence-electron chi connectivity index (χ0n) is 11.5. The van der Waals surface area contributed by atoms with Gasteiger partial charge in [0, 0.05) is 19.5 Å². The van der Waals surface area contributed by atoms with Gasteiger partial charge in [0.1, 0.15) is 0 Å². The Morgan fingerprint density at radius 1 is 1.32 bits per heavy atom. The Balaban J connectivity index is 2.09. The third-order valence-electron chi connectivity index (χ3n) is 3.53. The van der Waals surface area contributed by atoms with Gasteiger partial charge in [0.05, 0.1) is 11.4 Å². The number of hydrogen-bond donors (Lipinski definition) is 1. The molecule has 0 spiro atoms. The SMILES string of the molecule is CCc1nnc(N2CCC(CC(=O)O)C2)nc1CC. The van der Waals surface area contributed by atoms with Gasteiger partial charge in [-0.3, -0.25) is 4.79 Å². The van der Waals surface area contributed by atoms with Crippen LogP contribution in [0.25, 0.3) is 0 Å². The first-order valence-electron chi connectivity index (χ1n) is 6.83. The lowest BCUT2D eigenvalue weighted by molar-refractivity contribution is -0.137. The number of nitrogens with zero attached hydrogens (tertiary/aromatic N) is 4. The summed E-state index contributed by atoms with van der Waals surface area (Å²) in [6.07, 6.45) is 2.79. The van der Waals surface area contributed by atoms with E-state index in [1.54, 1.807) is 0 Å². The number of carboxylic acid groups (broad SMARTS) is 1. The van der Waals surface area contributed by atoms with Crippen LogP contribution in [0.3, 0.4) is 0 Å². The van der Waals surface area contributed by atoms with Gasteiger partial charge in [-0.25, -0.2) is 4.98 Å². The smallest absolute Gasteiger partial charge is 0.303 e. The monoisotopic (exact) mass is 264 g/mol. The van der Waals surface area contributed by atoms with Crippen LogP contribution in [-0.2, 0) is 17.6 Å². The first-order valence-corrected chi connectivity index (χ1v) is 6.83. The third-order valence-corrected chi connectivity index (χ3v) is 3.53. The highest BCUT2D eigenvalue weighted by Gasteiger charge is 2.26. The van der Waals surface area contributed by atoms with Gasteiger partial charge in [0.25, 0.3) is 0 Å². The Bertz CT molecular complexity index is 464. The molecule has 1 aliphatic rings. The topological polar surface area (TPSA) is 79.2 Å². The summed E-state index contributed by atoms with van der Waals surface area (Å²) in [6, 6.07) is 0. The standard InChI is InChI=1S/C13H20N4O2/c1-3-10-11(4-2)15-16-13(14-10)17-6-5-9(8-17)7-12(18)19/h9H,3-8H2,1-2H3,(H,18,19). The molecule has 1 aromatic rings. The summed E-state index contributed by atoms with van der Waals surface area (Å²) in [5.41, 5.74) is 1.95. The van der Waals surface area contributed by atoms with Gasteiger partial charge in [0.2, 0.25) is 5.95 Å². The molecule has 0 aliphatic carbocycles. The highest BCUT2D eigenvalue weighted by atomic mass is 16.4. The van der Waals surface area contributed by atoms with Crippen LogP contribution < -0.4 is 4.90 Å². The van der Waals surface area contributed by atoms with Gasteiger partial charge in [0.15, 0.2) is 0 Å². The molecule has 1 aromatic heterocycles. The van der Waals surface area contributed by atoms with E-state index >= 15 is 0 Å². The second-order valence-corrected chi connectivity index (χ2v) is 4.91. The third kappa shape index (κ3) is 3.19. The first kappa shape index (κ1) is 13.7. The van der Waals surface area contributed by atoms with Gasteiger partial charge in [-0.05, 0) is 25.2 Å². The highest BCUT2D eigenvalue weighted by molar-refractivity contribution is 5.67. The molecule has 0 saturated carbocycles. The molecule has 104 valence electrons. The maximum absolute atomic E-state index is 10.7. The maximum Gasteiger partial charge on any atom is 0.303 e. The van der Waals surface area contributed by atoms with Crippen molar-refractivity contribution in [3.63, 3.8) is 0 Å². The van der Waals surface area contributed by atoms with E-state index in [2.05, 4.69) is 22.1 Å². The predicted octanol–water partition coefficient (Wildman–Crippen LogP) is 1.30. The van der Waals surface area contributed by atoms with Gasteiger partial charge in [-0.15, -0.1) is 5.10 Å². The molecule has 0 bridgehead atoms. The van der Waals surface area contributed by atoms with Gasteiger partial charge < -0.3 is 10.0 Å². The molecule has 1 fully saturated rings. The lowest BCUT2D eigenvalue weighted by atomic mass is 10.1. The van der Waals surface area contributed by atoms with E-state index in [1.807, 2.05) is 11.8 Å². The number of hydrogen-bond acceptors (Lipinski definition) is 5. The van der Waals surface area contributed by atoms with E-state index < -0.39 is 5.97 Å². The summed E-state index contributed by atoms with van der Waals surface area (Å²) in [6.45, 7) is 5.63. The van der Waals surface area contributed by atoms with E-state index in [1.165, 1.54) is 0 Å². The first-order chi connectivity index (χ1) is 9.13. The summed E-state index contributed by atoms with van der Waals surface area (Å²) in [5, 5.41) is 17.2. The van der Waals surface area contributed by atoms with Crippen molar-refractivity contribution < 1.29 is 9.90 Å². The van der Waals surface area contributed by atoms with Crippen molar-refractivity contribution in [2.24, 2.45) is 5.92 Å². The molecule has 1 unspecified atom stereocenters. The van der Waals surface area contributed by atoms with Crippen molar-refractivity contribution in [3.8, 4) is 0 Å². The number of rotatable bonds is 5. The van der Waals surface area contributed by atoms with Crippen molar-refractivity contribution in [2.75, 3.05) is 18.0 Å². The minimum Gasteiger partial charge on any atom is -0.481 e. The second-order valence-electron chi connectivity index (χ2n) is 4.91. The molecule has 6 nitrogen and oxygen atoms in total. The van der Waals surface area contributed by atoms with Crippen LogP contribution in [0.5, 0.6) is 0 Å². The van der Waals surface area contributed by atoms with Gasteiger partial charge >= 0.3 is 5.97 Å². The van der Waals surface area contributed by atoms with E-state index in [4.69, 9.17) is 5.11 Å². The Morgan fingerprint density at radius 2 is 2.05 bits per heavy atom. The molecule has 2 rings (SSSR count). The van der Waals surface area contributed by atoms with Crippen LogP contribution in [0.2, 0.25) is 0 Å². The molecular weight excluding hydrogens is 244 g/mol. The lowest BCUT2D eigenvalue weighted by Crippen LogP contribution is -2.24. The molecule has 19 heavy (non-hydrogen) atoms. The van der Waals surface area contributed by atoms with Crippen LogP contribution >= 0.6 is 0 Å². The van der Waals surface area contributed by atoms with Crippen molar-refractivity contribution in [2.45, 2.75) is 39.5 Å². The molecule has 2 heterocycles. The zero-order valence-corrected chi connectivity index (χ0v) is 11.5. The molecule has 1 saturated heterocycles. The van der Waals surface area contributed by atoms with E-state index in [-0.39, 0.29) is 12.3 Å². The van der Waals surface area contributed by atoms with Gasteiger partial charge in [-0.1, -0.05) is 13.8 Å². The van der Waals surface area contributed by atoms with Gasteiger partial charge in [-0.2, -0.15) is 5.10 Å². The summed E-state index contributed by atoms with van der Waals surface area (Å²) in [5.74, 6) is 0.0976. The van der Waals surface area contributed by atoms with Crippen LogP contribution in [0.15, 0.2) is 0 Å². The molecule has 0 aromatic carbocycles. The van der Waals surface area contributed by atoms with Crippen LogP contribution in [0.1, 0.15) is 38.1 Å². The van der Waals surface area contributed by atoms with Crippen molar-refractivity contribution in [1.82, 2.24) is 15.2 Å². The Kier molecular flexibility index (Phi) is 4.29. The number of aryl methyl sites for hydroxylation is 2. The number of carboxylic acids is 1. The Morgan fingerprint density at radius 3 is 2.68 bits per heavy atom. The van der Waals surface area contributed by atoms with E-state index in [0.29, 0.717) is 12.5 Å². The molecule has 0 amide bonds. The van der Waals surface area contributed by atoms with Crippen LogP contribution in [0.4, 0.5) is 5.95 Å². The van der Waals surface area contributed by atoms with Crippen molar-refractivity contribution >= 4 is 11.9 Å². The zero-order chi connectivity index (χ0) is 13.8. The fourth-order valence-electron chi connectivity index (χ4n) is 2.49. The summed E-state index contributed by atoms with van der Waals surface area (Å²) in [7, 11) is 0. The average molecular weight is 264 g/mol. The average Bonchev–Trinajstić information content (AvgIpc) is 2.85. The molecule has 1 atom stereocenters. The minimum atomic E-state index is -0.735. The van der Waals surface area contributed by atoms with Crippen LogP contribution in [-0.4, -0.2) is 39.3 Å². The molecule has 1 aliphatic heterocycles. The number of carbonyl (C=O) groups is 1. The minimum absolute atomic E-state index is 0.192. The quantitative estimate of drug-likeness (QED) is 0.863. The lowest BCUT2D eigenvalue weighted by Gasteiger charge is -2.16. The number of anilines is 1. The fourth-order valence-corrected chi connectivity index (χ4v) is 2.49. The Hall–Kier alpha value is -1.72. The normalized spacial score (nSPS) is 18.8. The molecule has 6 heteroatoms.